The Kier molecular flexibility index (Phi) is 6.29. The van der Waals surface area contributed by atoms with Gasteiger partial charge in [0.1, 0.15) is 17.7 Å². The lowest BCUT2D eigenvalue weighted by molar-refractivity contribution is 0.213. The van der Waals surface area contributed by atoms with E-state index >= 15 is 0 Å². The monoisotopic (exact) mass is 418 g/mol. The van der Waals surface area contributed by atoms with Gasteiger partial charge in [0.2, 0.25) is 0 Å². The minimum Gasteiger partial charge on any atom is -0.489 e. The molecule has 0 bridgehead atoms. The molecule has 0 aliphatic carbocycles. The molecule has 1 heterocycles. The Morgan fingerprint density at radius 3 is 2.63 bits per heavy atom. The number of urea groups is 1. The second-order valence-electron chi connectivity index (χ2n) is 7.41. The Bertz CT molecular complexity index is 1020. The highest BCUT2D eigenvalue weighted by Gasteiger charge is 2.32. The lowest BCUT2D eigenvalue weighted by atomic mass is 10.1. The molecule has 1 saturated heterocycles. The summed E-state index contributed by atoms with van der Waals surface area (Å²) in [5.74, 6) is 1.73. The van der Waals surface area contributed by atoms with Gasteiger partial charge in [0.15, 0.2) is 0 Å². The third-order valence-corrected chi connectivity index (χ3v) is 6.66. The van der Waals surface area contributed by atoms with Gasteiger partial charge >= 0.3 is 6.03 Å². The molecule has 1 aliphatic rings. The van der Waals surface area contributed by atoms with Crippen molar-refractivity contribution in [2.45, 2.75) is 25.8 Å². The summed E-state index contributed by atoms with van der Waals surface area (Å²) >= 11 is 1.77. The summed E-state index contributed by atoms with van der Waals surface area (Å²) in [7, 11) is 0. The predicted octanol–water partition coefficient (Wildman–Crippen LogP) is 6.16. The number of amides is 2. The van der Waals surface area contributed by atoms with Crippen molar-refractivity contribution < 1.29 is 9.53 Å². The van der Waals surface area contributed by atoms with Crippen molar-refractivity contribution in [1.82, 2.24) is 4.90 Å². The smallest absolute Gasteiger partial charge is 0.323 e. The van der Waals surface area contributed by atoms with Crippen molar-refractivity contribution in [3.63, 3.8) is 0 Å². The van der Waals surface area contributed by atoms with Gasteiger partial charge in [-0.25, -0.2) is 4.79 Å². The molecule has 0 spiro atoms. The highest BCUT2D eigenvalue weighted by atomic mass is 32.2. The molecule has 30 heavy (non-hydrogen) atoms. The van der Waals surface area contributed by atoms with Crippen LogP contribution in [-0.2, 0) is 6.61 Å². The van der Waals surface area contributed by atoms with Crippen molar-refractivity contribution >= 4 is 23.5 Å². The van der Waals surface area contributed by atoms with E-state index in [0.717, 1.165) is 33.9 Å². The van der Waals surface area contributed by atoms with Crippen LogP contribution in [0.2, 0.25) is 0 Å². The van der Waals surface area contributed by atoms with Crippen LogP contribution in [0.3, 0.4) is 0 Å². The number of hydrogen-bond donors (Lipinski definition) is 1. The Morgan fingerprint density at radius 1 is 1.03 bits per heavy atom. The lowest BCUT2D eigenvalue weighted by Gasteiger charge is -2.26. The average Bonchev–Trinajstić information content (AvgIpc) is 3.26. The largest absolute Gasteiger partial charge is 0.489 e. The van der Waals surface area contributed by atoms with Gasteiger partial charge in [0.05, 0.1) is 0 Å². The van der Waals surface area contributed by atoms with Gasteiger partial charge in [-0.3, -0.25) is 0 Å². The maximum absolute atomic E-state index is 13.1. The number of ether oxygens (including phenoxy) is 1. The molecular weight excluding hydrogens is 392 g/mol. The maximum atomic E-state index is 13.1. The zero-order chi connectivity index (χ0) is 20.9. The third kappa shape index (κ3) is 4.46. The highest BCUT2D eigenvalue weighted by molar-refractivity contribution is 7.99. The first-order chi connectivity index (χ1) is 14.6. The van der Waals surface area contributed by atoms with Gasteiger partial charge in [-0.15, -0.1) is 11.8 Å². The summed E-state index contributed by atoms with van der Waals surface area (Å²) in [6.45, 7) is 5.30. The minimum absolute atomic E-state index is 0.0675. The molecule has 4 rings (SSSR count). The number of nitrogens with one attached hydrogen (secondary N) is 1. The number of anilines is 1. The molecule has 0 radical (unpaired) electrons. The number of aryl methyl sites for hydroxylation is 1. The van der Waals surface area contributed by atoms with Crippen molar-refractivity contribution in [2.75, 3.05) is 17.6 Å². The molecule has 0 unspecified atom stereocenters. The first-order valence-electron chi connectivity index (χ1n) is 10.1. The quantitative estimate of drug-likeness (QED) is 0.539. The minimum atomic E-state index is -0.0726. The van der Waals surface area contributed by atoms with E-state index in [4.69, 9.17) is 4.74 Å². The molecule has 1 fully saturated rings. The van der Waals surface area contributed by atoms with E-state index in [1.807, 2.05) is 60.4 Å². The fraction of sp³-hybridized carbons (Fsp3) is 0.240. The van der Waals surface area contributed by atoms with Crippen LogP contribution in [0.15, 0.2) is 72.8 Å². The van der Waals surface area contributed by atoms with Gasteiger partial charge in [0, 0.05) is 23.5 Å². The van der Waals surface area contributed by atoms with E-state index in [-0.39, 0.29) is 11.4 Å². The first kappa shape index (κ1) is 20.4. The second-order valence-corrected chi connectivity index (χ2v) is 8.59. The first-order valence-corrected chi connectivity index (χ1v) is 11.2. The zero-order valence-electron chi connectivity index (χ0n) is 17.3. The van der Waals surface area contributed by atoms with Gasteiger partial charge < -0.3 is 15.0 Å². The van der Waals surface area contributed by atoms with Crippen LogP contribution in [0.25, 0.3) is 0 Å². The fourth-order valence-corrected chi connectivity index (χ4v) is 4.84. The van der Waals surface area contributed by atoms with Crippen molar-refractivity contribution in [2.24, 2.45) is 0 Å². The van der Waals surface area contributed by atoms with Crippen LogP contribution in [-0.4, -0.2) is 23.2 Å². The average molecular weight is 419 g/mol. The van der Waals surface area contributed by atoms with Crippen molar-refractivity contribution in [1.29, 1.82) is 0 Å². The van der Waals surface area contributed by atoms with Gasteiger partial charge in [-0.1, -0.05) is 60.7 Å². The number of carbonyl (C=O) groups is 1. The van der Waals surface area contributed by atoms with E-state index in [1.165, 1.54) is 5.56 Å². The Morgan fingerprint density at radius 2 is 1.80 bits per heavy atom. The topological polar surface area (TPSA) is 41.6 Å². The number of thioether (sulfide) groups is 1. The molecule has 0 aromatic heterocycles. The standard InChI is InChI=1S/C25H26N2O2S/c1-18-9-8-13-22(19(18)2)26-25(28)27-15-16-30-24(27)21-12-6-7-14-23(21)29-17-20-10-4-3-5-11-20/h3-14,24H,15-17H2,1-2H3,(H,26,28)/t24-/m0/s1. The van der Waals surface area contributed by atoms with Gasteiger partial charge in [0.25, 0.3) is 0 Å². The lowest BCUT2D eigenvalue weighted by Crippen LogP contribution is -2.34. The summed E-state index contributed by atoms with van der Waals surface area (Å²) in [6, 6.07) is 24.1. The summed E-state index contributed by atoms with van der Waals surface area (Å²) in [5.41, 5.74) is 5.29. The van der Waals surface area contributed by atoms with Crippen molar-refractivity contribution in [3.8, 4) is 5.75 Å². The molecule has 1 atom stereocenters. The van der Waals surface area contributed by atoms with E-state index in [0.29, 0.717) is 13.2 Å². The van der Waals surface area contributed by atoms with Gasteiger partial charge in [-0.05, 0) is 42.7 Å². The van der Waals surface area contributed by atoms with Gasteiger partial charge in [-0.2, -0.15) is 0 Å². The Balaban J connectivity index is 1.52. The molecule has 0 saturated carbocycles. The van der Waals surface area contributed by atoms with Crippen LogP contribution in [0, 0.1) is 13.8 Å². The predicted molar refractivity (Wildman–Crippen MR) is 124 cm³/mol. The molecule has 2 amide bonds. The molecule has 3 aromatic carbocycles. The SMILES string of the molecule is Cc1cccc(NC(=O)N2CCS[C@H]2c2ccccc2OCc2ccccc2)c1C. The molecule has 4 nitrogen and oxygen atoms in total. The molecule has 5 heteroatoms. The highest BCUT2D eigenvalue weighted by Crippen LogP contribution is 2.42. The number of benzene rings is 3. The van der Waals surface area contributed by atoms with Crippen LogP contribution >= 0.6 is 11.8 Å². The van der Waals surface area contributed by atoms with Crippen LogP contribution in [0.1, 0.15) is 27.6 Å². The van der Waals surface area contributed by atoms with Crippen LogP contribution < -0.4 is 10.1 Å². The number of para-hydroxylation sites is 1. The number of nitrogens with zero attached hydrogens (tertiary/aromatic N) is 1. The second kappa shape index (κ2) is 9.26. The number of hydrogen-bond acceptors (Lipinski definition) is 3. The van der Waals surface area contributed by atoms with E-state index in [1.54, 1.807) is 11.8 Å². The third-order valence-electron chi connectivity index (χ3n) is 5.42. The van der Waals surface area contributed by atoms with Crippen LogP contribution in [0.4, 0.5) is 10.5 Å². The molecule has 3 aromatic rings. The maximum Gasteiger partial charge on any atom is 0.323 e. The fourth-order valence-electron chi connectivity index (χ4n) is 3.56. The normalized spacial score (nSPS) is 15.8. The zero-order valence-corrected chi connectivity index (χ0v) is 18.1. The van der Waals surface area contributed by atoms with E-state index in [9.17, 15) is 4.79 Å². The number of carbonyl (C=O) groups excluding carboxylic acids is 1. The van der Waals surface area contributed by atoms with Crippen LogP contribution in [0.5, 0.6) is 5.75 Å². The molecular formula is C25H26N2O2S. The number of rotatable bonds is 5. The van der Waals surface area contributed by atoms with E-state index in [2.05, 4.69) is 36.5 Å². The summed E-state index contributed by atoms with van der Waals surface area (Å²) in [5, 5.41) is 3.04. The summed E-state index contributed by atoms with van der Waals surface area (Å²) < 4.78 is 6.15. The Labute approximate surface area is 182 Å². The summed E-state index contributed by atoms with van der Waals surface area (Å²) in [4.78, 5) is 15.0. The van der Waals surface area contributed by atoms with Crippen molar-refractivity contribution in [3.05, 3.63) is 95.1 Å². The van der Waals surface area contributed by atoms with E-state index < -0.39 is 0 Å². The molecule has 1 N–H and O–H groups in total. The molecule has 154 valence electrons. The Hall–Kier alpha value is -2.92. The molecule has 1 aliphatic heterocycles. The summed E-state index contributed by atoms with van der Waals surface area (Å²) in [6.07, 6.45) is 0.